The van der Waals surface area contributed by atoms with Crippen LogP contribution in [-0.2, 0) is 11.2 Å². The molecule has 0 aliphatic carbocycles. The van der Waals surface area contributed by atoms with E-state index in [1.807, 2.05) is 6.07 Å². The predicted octanol–water partition coefficient (Wildman–Crippen LogP) is 4.31. The molecule has 1 aromatic rings. The van der Waals surface area contributed by atoms with Gasteiger partial charge >= 0.3 is 0 Å². The Morgan fingerprint density at radius 3 is 2.68 bits per heavy atom. The number of alkyl halides is 1. The van der Waals surface area contributed by atoms with E-state index in [1.165, 1.54) is 0 Å². The molecule has 0 aromatic heterocycles. The van der Waals surface area contributed by atoms with Crippen LogP contribution in [0.4, 0.5) is 0 Å². The summed E-state index contributed by atoms with van der Waals surface area (Å²) in [6.07, 6.45) is 2.29. The van der Waals surface area contributed by atoms with Crippen molar-refractivity contribution in [2.75, 3.05) is 12.4 Å². The zero-order valence-corrected chi connectivity index (χ0v) is 13.2. The van der Waals surface area contributed by atoms with Crippen LogP contribution in [0, 0.1) is 5.92 Å². The maximum Gasteiger partial charge on any atom is 0.224 e. The third kappa shape index (κ3) is 6.51. The maximum absolute atomic E-state index is 11.7. The Morgan fingerprint density at radius 2 is 2.05 bits per heavy atom. The van der Waals surface area contributed by atoms with Gasteiger partial charge in [0.15, 0.2) is 0 Å². The molecule has 0 spiro atoms. The molecule has 0 aliphatic heterocycles. The van der Waals surface area contributed by atoms with E-state index in [9.17, 15) is 4.79 Å². The van der Waals surface area contributed by atoms with E-state index in [-0.39, 0.29) is 5.91 Å². The van der Waals surface area contributed by atoms with Crippen molar-refractivity contribution in [2.45, 2.75) is 26.2 Å². The van der Waals surface area contributed by atoms with Crippen molar-refractivity contribution in [2.24, 2.45) is 5.92 Å². The summed E-state index contributed by atoms with van der Waals surface area (Å²) >= 11 is 17.4. The van der Waals surface area contributed by atoms with Crippen LogP contribution >= 0.6 is 34.8 Å². The number of rotatable bonds is 7. The minimum Gasteiger partial charge on any atom is -0.356 e. The van der Waals surface area contributed by atoms with Crippen molar-refractivity contribution >= 4 is 40.7 Å². The summed E-state index contributed by atoms with van der Waals surface area (Å²) in [5, 5.41) is 3.86. The second-order valence-electron chi connectivity index (χ2n) is 4.68. The lowest BCUT2D eigenvalue weighted by Crippen LogP contribution is -2.26. The lowest BCUT2D eigenvalue weighted by Gasteiger charge is -2.08. The van der Waals surface area contributed by atoms with Gasteiger partial charge in [0.05, 0.1) is 16.5 Å². The van der Waals surface area contributed by atoms with Crippen molar-refractivity contribution in [3.8, 4) is 0 Å². The molecular weight excluding hydrogens is 305 g/mol. The first-order valence-electron chi connectivity index (χ1n) is 6.29. The highest BCUT2D eigenvalue weighted by atomic mass is 35.5. The zero-order valence-electron chi connectivity index (χ0n) is 10.9. The molecule has 0 bridgehead atoms. The van der Waals surface area contributed by atoms with Gasteiger partial charge in [-0.05, 0) is 36.5 Å². The molecule has 19 heavy (non-hydrogen) atoms. The van der Waals surface area contributed by atoms with Crippen molar-refractivity contribution in [1.29, 1.82) is 0 Å². The molecule has 0 heterocycles. The average molecular weight is 323 g/mol. The van der Waals surface area contributed by atoms with Gasteiger partial charge < -0.3 is 5.32 Å². The molecule has 0 saturated heterocycles. The van der Waals surface area contributed by atoms with Crippen molar-refractivity contribution in [1.82, 2.24) is 5.32 Å². The predicted molar refractivity (Wildman–Crippen MR) is 82.3 cm³/mol. The molecule has 1 aromatic carbocycles. The summed E-state index contributed by atoms with van der Waals surface area (Å²) in [7, 11) is 0. The first kappa shape index (κ1) is 16.6. The van der Waals surface area contributed by atoms with Gasteiger partial charge in [-0.25, -0.2) is 0 Å². The number of carbonyl (C=O) groups excluding carboxylic acids is 1. The number of amides is 1. The lowest BCUT2D eigenvalue weighted by atomic mass is 10.1. The number of benzene rings is 1. The number of halogens is 3. The van der Waals surface area contributed by atoms with E-state index >= 15 is 0 Å². The van der Waals surface area contributed by atoms with E-state index in [4.69, 9.17) is 34.8 Å². The fourth-order valence-electron chi connectivity index (χ4n) is 1.65. The van der Waals surface area contributed by atoms with Crippen LogP contribution in [0.2, 0.25) is 10.0 Å². The van der Waals surface area contributed by atoms with E-state index in [1.54, 1.807) is 12.1 Å². The summed E-state index contributed by atoms with van der Waals surface area (Å²) in [4.78, 5) is 11.7. The van der Waals surface area contributed by atoms with E-state index in [0.29, 0.717) is 34.8 Å². The van der Waals surface area contributed by atoms with Crippen LogP contribution in [0.25, 0.3) is 0 Å². The fraction of sp³-hybridized carbons (Fsp3) is 0.500. The van der Waals surface area contributed by atoms with Gasteiger partial charge in [-0.2, -0.15) is 0 Å². The number of carbonyl (C=O) groups is 1. The van der Waals surface area contributed by atoms with Gasteiger partial charge in [0, 0.05) is 12.4 Å². The molecule has 1 N–H and O–H groups in total. The highest BCUT2D eigenvalue weighted by Crippen LogP contribution is 2.22. The van der Waals surface area contributed by atoms with Crippen molar-refractivity contribution in [3.63, 3.8) is 0 Å². The second-order valence-corrected chi connectivity index (χ2v) is 5.80. The quantitative estimate of drug-likeness (QED) is 0.588. The van der Waals surface area contributed by atoms with Gasteiger partial charge in [0.25, 0.3) is 0 Å². The van der Waals surface area contributed by atoms with Crippen molar-refractivity contribution in [3.05, 3.63) is 33.8 Å². The molecule has 106 valence electrons. The Morgan fingerprint density at radius 1 is 1.32 bits per heavy atom. The summed E-state index contributed by atoms with van der Waals surface area (Å²) in [6.45, 7) is 2.78. The number of hydrogen-bond acceptors (Lipinski definition) is 1. The standard InChI is InChI=1S/C14H18Cl3NO/c1-10(9-15)3-2-6-18-14(19)8-11-4-5-12(16)13(17)7-11/h4-5,7,10H,2-3,6,8-9H2,1H3,(H,18,19). The molecule has 0 fully saturated rings. The summed E-state index contributed by atoms with van der Waals surface area (Å²) in [5.41, 5.74) is 0.862. The largest absolute Gasteiger partial charge is 0.356 e. The van der Waals surface area contributed by atoms with Gasteiger partial charge in [-0.15, -0.1) is 11.6 Å². The van der Waals surface area contributed by atoms with Gasteiger partial charge in [0.2, 0.25) is 5.91 Å². The normalized spacial score (nSPS) is 12.2. The van der Waals surface area contributed by atoms with Crippen molar-refractivity contribution < 1.29 is 4.79 Å². The first-order valence-corrected chi connectivity index (χ1v) is 7.58. The number of hydrogen-bond donors (Lipinski definition) is 1. The fourth-order valence-corrected chi connectivity index (χ4v) is 2.13. The molecule has 5 heteroatoms. The van der Waals surface area contributed by atoms with Gasteiger partial charge in [-0.1, -0.05) is 36.2 Å². The highest BCUT2D eigenvalue weighted by Gasteiger charge is 2.06. The van der Waals surface area contributed by atoms with E-state index < -0.39 is 0 Å². The van der Waals surface area contributed by atoms with E-state index in [0.717, 1.165) is 18.4 Å². The molecule has 0 radical (unpaired) electrons. The van der Waals surface area contributed by atoms with Crippen LogP contribution in [-0.4, -0.2) is 18.3 Å². The smallest absolute Gasteiger partial charge is 0.224 e. The molecular formula is C14H18Cl3NO. The van der Waals surface area contributed by atoms with Crippen LogP contribution in [0.5, 0.6) is 0 Å². The average Bonchev–Trinajstić information content (AvgIpc) is 2.38. The monoisotopic (exact) mass is 321 g/mol. The highest BCUT2D eigenvalue weighted by molar-refractivity contribution is 6.42. The lowest BCUT2D eigenvalue weighted by molar-refractivity contribution is -0.120. The molecule has 1 rings (SSSR count). The molecule has 1 unspecified atom stereocenters. The Bertz CT molecular complexity index is 423. The molecule has 0 aliphatic rings. The molecule has 1 amide bonds. The van der Waals surface area contributed by atoms with Gasteiger partial charge in [0.1, 0.15) is 0 Å². The second kappa shape index (κ2) is 8.68. The first-order chi connectivity index (χ1) is 9.02. The molecule has 2 nitrogen and oxygen atoms in total. The SMILES string of the molecule is CC(CCl)CCCNC(=O)Cc1ccc(Cl)c(Cl)c1. The maximum atomic E-state index is 11.7. The topological polar surface area (TPSA) is 29.1 Å². The molecule has 1 atom stereocenters. The van der Waals surface area contributed by atoms with Crippen LogP contribution in [0.15, 0.2) is 18.2 Å². The van der Waals surface area contributed by atoms with Crippen LogP contribution in [0.1, 0.15) is 25.3 Å². The van der Waals surface area contributed by atoms with Crippen LogP contribution in [0.3, 0.4) is 0 Å². The Labute approximate surface area is 129 Å². The minimum absolute atomic E-state index is 0.00286. The Hall–Kier alpha value is -0.440. The third-order valence-electron chi connectivity index (χ3n) is 2.81. The van der Waals surface area contributed by atoms with E-state index in [2.05, 4.69) is 12.2 Å². The van der Waals surface area contributed by atoms with Crippen LogP contribution < -0.4 is 5.32 Å². The zero-order chi connectivity index (χ0) is 14.3. The Kier molecular flexibility index (Phi) is 7.59. The summed E-state index contributed by atoms with van der Waals surface area (Å²) < 4.78 is 0. The summed E-state index contributed by atoms with van der Waals surface area (Å²) in [5.74, 6) is 1.16. The van der Waals surface area contributed by atoms with Gasteiger partial charge in [-0.3, -0.25) is 4.79 Å². The molecule has 0 saturated carbocycles. The summed E-state index contributed by atoms with van der Waals surface area (Å²) in [6, 6.07) is 5.23. The number of nitrogens with one attached hydrogen (secondary N) is 1. The third-order valence-corrected chi connectivity index (χ3v) is 4.07. The Balaban J connectivity index is 2.29. The minimum atomic E-state index is -0.00286.